The molecule has 0 aromatic carbocycles. The first kappa shape index (κ1) is 14.0. The van der Waals surface area contributed by atoms with Crippen molar-refractivity contribution in [3.8, 4) is 0 Å². The van der Waals surface area contributed by atoms with Crippen LogP contribution in [-0.2, 0) is 4.74 Å². The molecule has 0 bridgehead atoms. The molecule has 4 N–H and O–H groups in total. The maximum Gasteiger partial charge on any atom is 0.411 e. The largest absolute Gasteiger partial charge is 0.411 e. The van der Waals surface area contributed by atoms with Crippen molar-refractivity contribution in [3.05, 3.63) is 0 Å². The van der Waals surface area contributed by atoms with Gasteiger partial charge in [-0.05, 0) is 0 Å². The van der Waals surface area contributed by atoms with Crippen LogP contribution in [0.5, 0.6) is 0 Å². The molecular weight excluding hydrogens is 215 g/mol. The van der Waals surface area contributed by atoms with E-state index < -0.39 is 18.8 Å². The molecule has 15 heavy (non-hydrogen) atoms. The first-order chi connectivity index (χ1) is 6.92. The third kappa shape index (κ3) is 13.0. The monoisotopic (exact) mass is 229 g/mol. The number of carbonyl (C=O) groups is 1. The molecular formula is C7H14F3N3O2. The molecule has 2 amide bonds. The quantitative estimate of drug-likeness (QED) is 0.530. The Hall–Kier alpha value is -1.02. The van der Waals surface area contributed by atoms with Gasteiger partial charge < -0.3 is 21.1 Å². The van der Waals surface area contributed by atoms with Gasteiger partial charge in [0.05, 0.1) is 6.61 Å². The summed E-state index contributed by atoms with van der Waals surface area (Å²) in [7, 11) is 0. The highest BCUT2D eigenvalue weighted by Gasteiger charge is 2.27. The topological polar surface area (TPSA) is 76.4 Å². The Kier molecular flexibility index (Phi) is 6.80. The number of nitrogens with two attached hydrogens (primary N) is 1. The molecule has 8 heteroatoms. The van der Waals surface area contributed by atoms with Crippen LogP contribution in [0.3, 0.4) is 0 Å². The maximum atomic E-state index is 11.6. The standard InChI is InChI=1S/C7H14F3N3O2/c8-7(9,10)5-15-4-3-12-1-2-13-6(11)14/h12H,1-5H2,(H3,11,13,14). The highest BCUT2D eigenvalue weighted by Crippen LogP contribution is 2.13. The van der Waals surface area contributed by atoms with Gasteiger partial charge in [-0.1, -0.05) is 0 Å². The molecule has 0 rings (SSSR count). The zero-order chi connectivity index (χ0) is 11.7. The van der Waals surface area contributed by atoms with Crippen LogP contribution in [-0.4, -0.2) is 45.1 Å². The smallest absolute Gasteiger partial charge is 0.371 e. The summed E-state index contributed by atoms with van der Waals surface area (Å²) in [5.41, 5.74) is 4.78. The van der Waals surface area contributed by atoms with Crippen molar-refractivity contribution in [2.24, 2.45) is 5.73 Å². The van der Waals surface area contributed by atoms with E-state index in [0.29, 0.717) is 13.1 Å². The van der Waals surface area contributed by atoms with Gasteiger partial charge in [0.15, 0.2) is 0 Å². The van der Waals surface area contributed by atoms with Crippen LogP contribution in [0.25, 0.3) is 0 Å². The summed E-state index contributed by atoms with van der Waals surface area (Å²) in [6, 6.07) is -0.634. The van der Waals surface area contributed by atoms with Crippen LogP contribution >= 0.6 is 0 Å². The lowest BCUT2D eigenvalue weighted by Gasteiger charge is -2.08. The minimum Gasteiger partial charge on any atom is -0.371 e. The van der Waals surface area contributed by atoms with E-state index in [1.54, 1.807) is 0 Å². The number of hydrogen-bond donors (Lipinski definition) is 3. The van der Waals surface area contributed by atoms with Crippen LogP contribution in [0.2, 0.25) is 0 Å². The second-order valence-electron chi connectivity index (χ2n) is 2.71. The number of primary amides is 1. The summed E-state index contributed by atoms with van der Waals surface area (Å²) in [6.45, 7) is -0.228. The molecule has 0 aromatic heterocycles. The van der Waals surface area contributed by atoms with Gasteiger partial charge in [0.2, 0.25) is 0 Å². The van der Waals surface area contributed by atoms with Crippen LogP contribution in [0.1, 0.15) is 0 Å². The fourth-order valence-corrected chi connectivity index (χ4v) is 0.731. The summed E-state index contributed by atoms with van der Waals surface area (Å²) < 4.78 is 39.0. The number of nitrogens with one attached hydrogen (secondary N) is 2. The zero-order valence-electron chi connectivity index (χ0n) is 8.06. The number of ether oxygens (including phenoxy) is 1. The maximum absolute atomic E-state index is 11.6. The normalized spacial score (nSPS) is 11.4. The first-order valence-electron chi connectivity index (χ1n) is 4.30. The zero-order valence-corrected chi connectivity index (χ0v) is 8.06. The van der Waals surface area contributed by atoms with Crippen LogP contribution in [0.15, 0.2) is 0 Å². The van der Waals surface area contributed by atoms with Crippen molar-refractivity contribution in [1.29, 1.82) is 0 Å². The van der Waals surface area contributed by atoms with Crippen molar-refractivity contribution in [3.63, 3.8) is 0 Å². The second-order valence-corrected chi connectivity index (χ2v) is 2.71. The average molecular weight is 229 g/mol. The summed E-state index contributed by atoms with van der Waals surface area (Å²) in [4.78, 5) is 10.2. The Morgan fingerprint density at radius 3 is 2.47 bits per heavy atom. The van der Waals surface area contributed by atoms with E-state index in [1.165, 1.54) is 0 Å². The van der Waals surface area contributed by atoms with E-state index >= 15 is 0 Å². The van der Waals surface area contributed by atoms with Gasteiger partial charge >= 0.3 is 12.2 Å². The van der Waals surface area contributed by atoms with Crippen molar-refractivity contribution >= 4 is 6.03 Å². The lowest BCUT2D eigenvalue weighted by molar-refractivity contribution is -0.173. The molecule has 0 unspecified atom stereocenters. The highest BCUT2D eigenvalue weighted by atomic mass is 19.4. The third-order valence-electron chi connectivity index (χ3n) is 1.29. The SMILES string of the molecule is NC(=O)NCCNCCOCC(F)(F)F. The summed E-state index contributed by atoms with van der Waals surface area (Å²) in [5, 5.41) is 5.08. The Labute approximate surface area is 85.1 Å². The lowest BCUT2D eigenvalue weighted by Crippen LogP contribution is -2.36. The molecule has 0 saturated carbocycles. The van der Waals surface area contributed by atoms with Crippen LogP contribution in [0, 0.1) is 0 Å². The Balaban J connectivity index is 3.09. The minimum absolute atomic E-state index is 0.0317. The van der Waals surface area contributed by atoms with Gasteiger partial charge in [-0.3, -0.25) is 0 Å². The van der Waals surface area contributed by atoms with Gasteiger partial charge in [-0.25, -0.2) is 4.79 Å². The number of rotatable bonds is 7. The van der Waals surface area contributed by atoms with Gasteiger partial charge in [-0.2, -0.15) is 13.2 Å². The molecule has 0 aliphatic rings. The number of halogens is 3. The molecule has 0 radical (unpaired) electrons. The van der Waals surface area contributed by atoms with Gasteiger partial charge in [0.25, 0.3) is 0 Å². The Morgan fingerprint density at radius 1 is 1.27 bits per heavy atom. The molecule has 0 heterocycles. The van der Waals surface area contributed by atoms with Crippen molar-refractivity contribution in [2.75, 3.05) is 32.8 Å². The number of carbonyl (C=O) groups excluding carboxylic acids is 1. The Morgan fingerprint density at radius 2 is 1.93 bits per heavy atom. The second kappa shape index (κ2) is 7.30. The molecule has 0 saturated heterocycles. The fraction of sp³-hybridized carbons (Fsp3) is 0.857. The van der Waals surface area contributed by atoms with E-state index in [-0.39, 0.29) is 13.2 Å². The van der Waals surface area contributed by atoms with Crippen molar-refractivity contribution in [1.82, 2.24) is 10.6 Å². The Bertz CT molecular complexity index is 187. The molecule has 0 aliphatic carbocycles. The molecule has 90 valence electrons. The van der Waals surface area contributed by atoms with E-state index in [2.05, 4.69) is 15.4 Å². The number of alkyl halides is 3. The van der Waals surface area contributed by atoms with Crippen LogP contribution in [0.4, 0.5) is 18.0 Å². The predicted octanol–water partition coefficient (Wildman–Crippen LogP) is -0.177. The minimum atomic E-state index is -4.28. The van der Waals surface area contributed by atoms with E-state index in [0.717, 1.165) is 0 Å². The van der Waals surface area contributed by atoms with Gasteiger partial charge in [-0.15, -0.1) is 0 Å². The van der Waals surface area contributed by atoms with Gasteiger partial charge in [0.1, 0.15) is 6.61 Å². The van der Waals surface area contributed by atoms with E-state index in [4.69, 9.17) is 5.73 Å². The number of amides is 2. The lowest BCUT2D eigenvalue weighted by atomic mass is 10.5. The predicted molar refractivity (Wildman–Crippen MR) is 47.3 cm³/mol. The highest BCUT2D eigenvalue weighted by molar-refractivity contribution is 5.71. The van der Waals surface area contributed by atoms with E-state index in [1.807, 2.05) is 0 Å². The van der Waals surface area contributed by atoms with Crippen molar-refractivity contribution < 1.29 is 22.7 Å². The fourth-order valence-electron chi connectivity index (χ4n) is 0.731. The number of hydrogen-bond acceptors (Lipinski definition) is 3. The molecule has 0 aliphatic heterocycles. The van der Waals surface area contributed by atoms with Crippen LogP contribution < -0.4 is 16.4 Å². The van der Waals surface area contributed by atoms with Crippen molar-refractivity contribution in [2.45, 2.75) is 6.18 Å². The summed E-state index contributed by atoms with van der Waals surface area (Å²) in [6.07, 6.45) is -4.28. The molecule has 5 nitrogen and oxygen atoms in total. The molecule has 0 fully saturated rings. The first-order valence-corrected chi connectivity index (χ1v) is 4.30. The number of urea groups is 1. The molecule has 0 atom stereocenters. The molecule has 0 spiro atoms. The van der Waals surface area contributed by atoms with Gasteiger partial charge in [0, 0.05) is 19.6 Å². The summed E-state index contributed by atoms with van der Waals surface area (Å²) >= 11 is 0. The van der Waals surface area contributed by atoms with E-state index in [9.17, 15) is 18.0 Å². The average Bonchev–Trinajstić information content (AvgIpc) is 2.07. The third-order valence-corrected chi connectivity index (χ3v) is 1.29. The summed E-state index contributed by atoms with van der Waals surface area (Å²) in [5.74, 6) is 0. The molecule has 0 aromatic rings.